The van der Waals surface area contributed by atoms with E-state index in [2.05, 4.69) is 44.3 Å². The van der Waals surface area contributed by atoms with Gasteiger partial charge in [0.15, 0.2) is 11.5 Å². The number of benzene rings is 1. The van der Waals surface area contributed by atoms with E-state index in [1.54, 1.807) is 42.8 Å². The minimum Gasteiger partial charge on any atom is -0.384 e. The molecule has 35 heavy (non-hydrogen) atoms. The number of hydrogen-bond acceptors (Lipinski definition) is 7. The number of allylic oxidation sites excluding steroid dienone is 1. The first-order valence-corrected chi connectivity index (χ1v) is 11.2. The molecule has 182 valence electrons. The standard InChI is InChI=1S/C25H27N7O2.ClH/c1-4-12-31-23(33)19-15-27-24(28-18-9-8-16-10-11-26-14-17(16)13-18)30-22(19)32(31)21-7-5-6-20(29-21)25(2,3)34;/h4-9,13,15,26,34H,1,10-12,14H2,2-3H3,(H,27,28,30);1H. The maximum atomic E-state index is 13.1. The van der Waals surface area contributed by atoms with Gasteiger partial charge in [-0.15, -0.1) is 19.0 Å². The molecule has 3 N–H and O–H groups in total. The molecule has 0 fully saturated rings. The average molecular weight is 494 g/mol. The quantitative estimate of drug-likeness (QED) is 0.354. The number of aliphatic hydroxyl groups is 1. The predicted molar refractivity (Wildman–Crippen MR) is 139 cm³/mol. The molecule has 0 amide bonds. The summed E-state index contributed by atoms with van der Waals surface area (Å²) in [7, 11) is 0. The molecular weight excluding hydrogens is 466 g/mol. The van der Waals surface area contributed by atoms with Crippen LogP contribution in [-0.2, 0) is 25.1 Å². The number of fused-ring (bicyclic) bond motifs is 2. The van der Waals surface area contributed by atoms with Crippen LogP contribution in [0.4, 0.5) is 11.6 Å². The Morgan fingerprint density at radius 1 is 1.23 bits per heavy atom. The van der Waals surface area contributed by atoms with Gasteiger partial charge >= 0.3 is 0 Å². The smallest absolute Gasteiger partial charge is 0.278 e. The van der Waals surface area contributed by atoms with Crippen LogP contribution in [0, 0.1) is 0 Å². The van der Waals surface area contributed by atoms with Crippen LogP contribution < -0.4 is 16.2 Å². The third-order valence-corrected chi connectivity index (χ3v) is 5.90. The molecule has 0 radical (unpaired) electrons. The number of rotatable bonds is 6. The summed E-state index contributed by atoms with van der Waals surface area (Å²) < 4.78 is 3.16. The number of hydrogen-bond donors (Lipinski definition) is 3. The molecule has 0 saturated carbocycles. The highest BCUT2D eigenvalue weighted by Crippen LogP contribution is 2.23. The lowest BCUT2D eigenvalue weighted by atomic mass is 10.0. The van der Waals surface area contributed by atoms with Crippen molar-refractivity contribution in [2.75, 3.05) is 11.9 Å². The maximum Gasteiger partial charge on any atom is 0.278 e. The van der Waals surface area contributed by atoms with Gasteiger partial charge in [0.05, 0.1) is 12.2 Å². The summed E-state index contributed by atoms with van der Waals surface area (Å²) in [4.78, 5) is 26.8. The highest BCUT2D eigenvalue weighted by Gasteiger charge is 2.22. The number of anilines is 2. The molecule has 1 aromatic carbocycles. The second-order valence-corrected chi connectivity index (χ2v) is 8.89. The average Bonchev–Trinajstić information content (AvgIpc) is 3.10. The number of nitrogens with one attached hydrogen (secondary N) is 2. The molecule has 0 spiro atoms. The minimum absolute atomic E-state index is 0. The van der Waals surface area contributed by atoms with Crippen LogP contribution in [0.15, 0.2) is 60.0 Å². The van der Waals surface area contributed by atoms with Crippen LogP contribution in [0.3, 0.4) is 0 Å². The molecule has 10 heteroatoms. The Morgan fingerprint density at radius 2 is 2.06 bits per heavy atom. The molecule has 5 rings (SSSR count). The van der Waals surface area contributed by atoms with Crippen molar-refractivity contribution < 1.29 is 5.11 Å². The van der Waals surface area contributed by atoms with Crippen molar-refractivity contribution in [2.45, 2.75) is 39.0 Å². The Kier molecular flexibility index (Phi) is 6.75. The van der Waals surface area contributed by atoms with Crippen molar-refractivity contribution in [3.63, 3.8) is 0 Å². The van der Waals surface area contributed by atoms with Gasteiger partial charge in [-0.25, -0.2) is 19.3 Å². The zero-order chi connectivity index (χ0) is 23.9. The summed E-state index contributed by atoms with van der Waals surface area (Å²) in [5, 5.41) is 17.5. The fraction of sp³-hybridized carbons (Fsp3) is 0.280. The van der Waals surface area contributed by atoms with Crippen molar-refractivity contribution in [1.82, 2.24) is 29.6 Å². The molecule has 0 bridgehead atoms. The van der Waals surface area contributed by atoms with Crippen LogP contribution in [0.2, 0.25) is 0 Å². The zero-order valence-electron chi connectivity index (χ0n) is 19.7. The molecule has 3 aromatic heterocycles. The summed E-state index contributed by atoms with van der Waals surface area (Å²) >= 11 is 0. The highest BCUT2D eigenvalue weighted by atomic mass is 35.5. The second kappa shape index (κ2) is 9.61. The van der Waals surface area contributed by atoms with E-state index in [1.165, 1.54) is 22.0 Å². The predicted octanol–water partition coefficient (Wildman–Crippen LogP) is 3.20. The molecule has 9 nitrogen and oxygen atoms in total. The molecule has 1 aliphatic heterocycles. The van der Waals surface area contributed by atoms with E-state index in [1.807, 2.05) is 6.07 Å². The van der Waals surface area contributed by atoms with Crippen LogP contribution in [0.25, 0.3) is 16.9 Å². The van der Waals surface area contributed by atoms with E-state index in [4.69, 9.17) is 0 Å². The van der Waals surface area contributed by atoms with Crippen molar-refractivity contribution >= 4 is 35.1 Å². The number of aromatic nitrogens is 5. The van der Waals surface area contributed by atoms with E-state index in [9.17, 15) is 9.90 Å². The van der Waals surface area contributed by atoms with Crippen LogP contribution in [0.1, 0.15) is 30.7 Å². The van der Waals surface area contributed by atoms with E-state index in [0.29, 0.717) is 28.5 Å². The topological polar surface area (TPSA) is 110 Å². The molecule has 0 aliphatic carbocycles. The summed E-state index contributed by atoms with van der Waals surface area (Å²) in [6.45, 7) is 9.20. The first kappa shape index (κ1) is 24.6. The largest absolute Gasteiger partial charge is 0.384 e. The number of nitrogens with zero attached hydrogens (tertiary/aromatic N) is 5. The van der Waals surface area contributed by atoms with Crippen LogP contribution in [0.5, 0.6) is 0 Å². The van der Waals surface area contributed by atoms with E-state index < -0.39 is 5.60 Å². The van der Waals surface area contributed by atoms with Crippen molar-refractivity contribution in [2.24, 2.45) is 0 Å². The van der Waals surface area contributed by atoms with Gasteiger partial charge in [0.25, 0.3) is 5.56 Å². The minimum atomic E-state index is -1.13. The molecule has 0 atom stereocenters. The Labute approximate surface area is 209 Å². The molecule has 1 aliphatic rings. The van der Waals surface area contributed by atoms with Crippen LogP contribution >= 0.6 is 12.4 Å². The zero-order valence-corrected chi connectivity index (χ0v) is 20.5. The number of halogens is 1. The first-order chi connectivity index (χ1) is 16.3. The summed E-state index contributed by atoms with van der Waals surface area (Å²) in [5.74, 6) is 0.845. The Hall–Kier alpha value is -3.53. The Balaban J connectivity index is 0.00000289. The van der Waals surface area contributed by atoms with Crippen molar-refractivity contribution in [1.29, 1.82) is 0 Å². The first-order valence-electron chi connectivity index (χ1n) is 11.2. The molecule has 4 heterocycles. The van der Waals surface area contributed by atoms with Gasteiger partial charge in [0, 0.05) is 18.4 Å². The molecule has 0 saturated heterocycles. The van der Waals surface area contributed by atoms with Gasteiger partial charge in [-0.3, -0.25) is 4.79 Å². The third-order valence-electron chi connectivity index (χ3n) is 5.90. The lowest BCUT2D eigenvalue weighted by molar-refractivity contribution is 0.0738. The van der Waals surface area contributed by atoms with E-state index in [0.717, 1.165) is 25.2 Å². The third kappa shape index (κ3) is 4.70. The molecule has 0 unspecified atom stereocenters. The highest BCUT2D eigenvalue weighted by molar-refractivity contribution is 5.85. The van der Waals surface area contributed by atoms with Gasteiger partial charge in [-0.05, 0) is 62.2 Å². The van der Waals surface area contributed by atoms with Gasteiger partial charge in [-0.2, -0.15) is 4.98 Å². The molecular formula is C25H28ClN7O2. The maximum absolute atomic E-state index is 13.1. The summed E-state index contributed by atoms with van der Waals surface area (Å²) in [6, 6.07) is 11.6. The Bertz CT molecular complexity index is 1450. The normalized spacial score (nSPS) is 13.2. The van der Waals surface area contributed by atoms with Gasteiger partial charge in [0.2, 0.25) is 5.95 Å². The fourth-order valence-electron chi connectivity index (χ4n) is 4.18. The van der Waals surface area contributed by atoms with Crippen molar-refractivity contribution in [3.8, 4) is 5.82 Å². The van der Waals surface area contributed by atoms with Gasteiger partial charge in [0.1, 0.15) is 11.0 Å². The Morgan fingerprint density at radius 3 is 2.83 bits per heavy atom. The summed E-state index contributed by atoms with van der Waals surface area (Å²) in [6.07, 6.45) is 4.19. The van der Waals surface area contributed by atoms with Gasteiger partial charge < -0.3 is 15.7 Å². The monoisotopic (exact) mass is 493 g/mol. The number of pyridine rings is 1. The SMILES string of the molecule is C=CCn1c(=O)c2cnc(Nc3ccc4c(c3)CNCC4)nc2n1-c1cccc(C(C)(C)O)n1.Cl. The van der Waals surface area contributed by atoms with Gasteiger partial charge in [-0.1, -0.05) is 18.2 Å². The van der Waals surface area contributed by atoms with Crippen LogP contribution in [-0.4, -0.2) is 36.0 Å². The lowest BCUT2D eigenvalue weighted by Gasteiger charge is -2.18. The second-order valence-electron chi connectivity index (χ2n) is 8.89. The summed E-state index contributed by atoms with van der Waals surface area (Å²) in [5.41, 5.74) is 3.00. The molecule has 4 aromatic rings. The fourth-order valence-corrected chi connectivity index (χ4v) is 4.18. The van der Waals surface area contributed by atoms with E-state index in [-0.39, 0.29) is 24.5 Å². The van der Waals surface area contributed by atoms with Crippen molar-refractivity contribution in [3.05, 3.63) is 82.4 Å². The lowest BCUT2D eigenvalue weighted by Crippen LogP contribution is -2.23. The van der Waals surface area contributed by atoms with E-state index >= 15 is 0 Å².